The van der Waals surface area contributed by atoms with Gasteiger partial charge in [0, 0.05) is 35.2 Å². The average molecular weight is 342 g/mol. The highest BCUT2D eigenvalue weighted by atomic mass is 16.3. The quantitative estimate of drug-likeness (QED) is 0.646. The lowest BCUT2D eigenvalue weighted by atomic mass is 9.68. The number of phenols is 1. The molecule has 25 heavy (non-hydrogen) atoms. The summed E-state index contributed by atoms with van der Waals surface area (Å²) in [6.45, 7) is 2.13. The van der Waals surface area contributed by atoms with Gasteiger partial charge in [0.25, 0.3) is 0 Å². The number of likely N-dealkylation sites (N-methyl/N-ethyl adjacent to an activating group) is 1. The van der Waals surface area contributed by atoms with Crippen molar-refractivity contribution in [3.05, 3.63) is 41.1 Å². The van der Waals surface area contributed by atoms with E-state index in [0.29, 0.717) is 0 Å². The fourth-order valence-corrected chi connectivity index (χ4v) is 5.07. The molecular formula is C20H26N2O3. The lowest BCUT2D eigenvalue weighted by molar-refractivity contribution is -0.00908. The van der Waals surface area contributed by atoms with Crippen molar-refractivity contribution in [2.45, 2.75) is 31.8 Å². The Balaban J connectivity index is 1.84. The van der Waals surface area contributed by atoms with E-state index in [1.54, 1.807) is 6.07 Å². The van der Waals surface area contributed by atoms with Gasteiger partial charge in [0.15, 0.2) is 0 Å². The van der Waals surface area contributed by atoms with E-state index in [0.717, 1.165) is 29.3 Å². The number of phenolic OH excluding ortho intramolecular Hbond substituents is 1. The van der Waals surface area contributed by atoms with Crippen LogP contribution in [-0.4, -0.2) is 51.5 Å². The molecule has 4 rings (SSSR count). The molecule has 4 N–H and O–H groups in total. The van der Waals surface area contributed by atoms with Crippen LogP contribution in [0.15, 0.2) is 29.8 Å². The molecule has 5 heteroatoms. The lowest BCUT2D eigenvalue weighted by Gasteiger charge is -2.51. The second-order valence-corrected chi connectivity index (χ2v) is 7.41. The van der Waals surface area contributed by atoms with Gasteiger partial charge in [0.1, 0.15) is 5.75 Å². The molecule has 2 bridgehead atoms. The topological polar surface area (TPSA) is 79.7 Å². The molecule has 0 unspecified atom stereocenters. The van der Waals surface area contributed by atoms with E-state index in [1.807, 2.05) is 25.1 Å². The number of fused-ring (bicyclic) bond motifs is 6. The van der Waals surface area contributed by atoms with E-state index in [4.69, 9.17) is 0 Å². The van der Waals surface area contributed by atoms with Gasteiger partial charge in [-0.1, -0.05) is 6.08 Å². The van der Waals surface area contributed by atoms with Crippen LogP contribution < -0.4 is 0 Å². The summed E-state index contributed by atoms with van der Waals surface area (Å²) in [5, 5.41) is 30.8. The number of H-pyrrole nitrogens is 1. The molecule has 3 heterocycles. The van der Waals surface area contributed by atoms with Crippen molar-refractivity contribution < 1.29 is 15.3 Å². The second kappa shape index (κ2) is 6.16. The molecule has 5 nitrogen and oxygen atoms in total. The van der Waals surface area contributed by atoms with Crippen molar-refractivity contribution in [2.75, 3.05) is 20.3 Å². The van der Waals surface area contributed by atoms with Crippen LogP contribution in [0.5, 0.6) is 5.75 Å². The lowest BCUT2D eigenvalue weighted by Crippen LogP contribution is -2.54. The fourth-order valence-electron chi connectivity index (χ4n) is 5.07. The predicted molar refractivity (Wildman–Crippen MR) is 97.5 cm³/mol. The van der Waals surface area contributed by atoms with Gasteiger partial charge in [-0.2, -0.15) is 0 Å². The van der Waals surface area contributed by atoms with Crippen LogP contribution >= 0.6 is 0 Å². The maximum Gasteiger partial charge on any atom is 0.116 e. The van der Waals surface area contributed by atoms with Crippen LogP contribution in [-0.2, 0) is 6.42 Å². The van der Waals surface area contributed by atoms with Gasteiger partial charge in [0.05, 0.1) is 12.6 Å². The predicted octanol–water partition coefficient (Wildman–Crippen LogP) is 2.34. The second-order valence-electron chi connectivity index (χ2n) is 7.41. The highest BCUT2D eigenvalue weighted by molar-refractivity contribution is 5.86. The molecule has 134 valence electrons. The van der Waals surface area contributed by atoms with Crippen molar-refractivity contribution in [3.63, 3.8) is 0 Å². The number of piperidine rings is 1. The molecule has 1 fully saturated rings. The molecule has 1 saturated heterocycles. The first-order valence-corrected chi connectivity index (χ1v) is 9.01. The third-order valence-corrected chi connectivity index (χ3v) is 6.41. The molecule has 2 aliphatic rings. The number of aliphatic hydroxyl groups excluding tert-OH is 2. The van der Waals surface area contributed by atoms with Gasteiger partial charge >= 0.3 is 0 Å². The minimum atomic E-state index is 0.0499. The summed E-state index contributed by atoms with van der Waals surface area (Å²) >= 11 is 0. The smallest absolute Gasteiger partial charge is 0.116 e. The minimum absolute atomic E-state index is 0.0499. The third kappa shape index (κ3) is 2.41. The third-order valence-electron chi connectivity index (χ3n) is 6.41. The molecule has 2 aromatic rings. The van der Waals surface area contributed by atoms with Crippen molar-refractivity contribution >= 4 is 10.9 Å². The van der Waals surface area contributed by atoms with Gasteiger partial charge in [-0.05, 0) is 62.1 Å². The summed E-state index contributed by atoms with van der Waals surface area (Å²) in [6.07, 6.45) is 3.72. The summed E-state index contributed by atoms with van der Waals surface area (Å²) < 4.78 is 0. The van der Waals surface area contributed by atoms with Crippen LogP contribution in [0, 0.1) is 11.8 Å². The Morgan fingerprint density at radius 1 is 1.36 bits per heavy atom. The van der Waals surface area contributed by atoms with Crippen LogP contribution in [0.1, 0.15) is 30.6 Å². The number of rotatable bonds is 3. The SMILES string of the molecule is C/C=C(/CO)[C@@H]1C[C@@H]2c3[nH]c4ccc(O)cc4c3C[C@H]([C@H]1CO)N2C. The first-order valence-electron chi connectivity index (χ1n) is 9.01. The van der Waals surface area contributed by atoms with E-state index in [1.165, 1.54) is 11.3 Å². The zero-order valence-corrected chi connectivity index (χ0v) is 14.7. The molecule has 0 saturated carbocycles. The summed E-state index contributed by atoms with van der Waals surface area (Å²) in [7, 11) is 2.13. The first kappa shape index (κ1) is 16.6. The molecular weight excluding hydrogens is 316 g/mol. The highest BCUT2D eigenvalue weighted by Gasteiger charge is 2.47. The fraction of sp³-hybridized carbons (Fsp3) is 0.500. The number of allylic oxidation sites excluding steroid dienone is 1. The van der Waals surface area contributed by atoms with Gasteiger partial charge in [0.2, 0.25) is 0 Å². The Hall–Kier alpha value is -1.82. The number of aromatic amines is 1. The normalized spacial score (nSPS) is 29.8. The molecule has 1 aromatic heterocycles. The van der Waals surface area contributed by atoms with Gasteiger partial charge in [-0.3, -0.25) is 4.90 Å². The summed E-state index contributed by atoms with van der Waals surface area (Å²) in [5.74, 6) is 0.584. The molecule has 0 amide bonds. The number of aromatic hydroxyl groups is 1. The Bertz CT molecular complexity index is 826. The molecule has 1 aromatic carbocycles. The van der Waals surface area contributed by atoms with Gasteiger partial charge in [-0.15, -0.1) is 0 Å². The summed E-state index contributed by atoms with van der Waals surface area (Å²) in [5.41, 5.74) is 4.56. The maximum atomic E-state index is 10.1. The van der Waals surface area contributed by atoms with Crippen LogP contribution in [0.4, 0.5) is 0 Å². The number of benzene rings is 1. The minimum Gasteiger partial charge on any atom is -0.508 e. The van der Waals surface area contributed by atoms with Crippen molar-refractivity contribution in [1.29, 1.82) is 0 Å². The van der Waals surface area contributed by atoms with E-state index < -0.39 is 0 Å². The molecule has 2 aliphatic heterocycles. The van der Waals surface area contributed by atoms with E-state index in [-0.39, 0.29) is 42.9 Å². The van der Waals surface area contributed by atoms with Gasteiger partial charge in [-0.25, -0.2) is 0 Å². The van der Waals surface area contributed by atoms with E-state index in [2.05, 4.69) is 16.9 Å². The van der Waals surface area contributed by atoms with E-state index >= 15 is 0 Å². The van der Waals surface area contributed by atoms with Crippen molar-refractivity contribution in [2.24, 2.45) is 11.8 Å². The monoisotopic (exact) mass is 342 g/mol. The summed E-state index contributed by atoms with van der Waals surface area (Å²) in [4.78, 5) is 5.93. The van der Waals surface area contributed by atoms with Crippen LogP contribution in [0.2, 0.25) is 0 Å². The number of hydrogen-bond donors (Lipinski definition) is 4. The number of nitrogens with one attached hydrogen (secondary N) is 1. The largest absolute Gasteiger partial charge is 0.508 e. The maximum absolute atomic E-state index is 10.1. The number of aromatic nitrogens is 1. The molecule has 0 radical (unpaired) electrons. The zero-order valence-electron chi connectivity index (χ0n) is 14.7. The van der Waals surface area contributed by atoms with Crippen molar-refractivity contribution in [3.8, 4) is 5.75 Å². The Labute approximate surface area is 147 Å². The molecule has 0 spiro atoms. The number of nitrogens with zero attached hydrogens (tertiary/aromatic N) is 1. The first-order chi connectivity index (χ1) is 12.1. The average Bonchev–Trinajstić information content (AvgIpc) is 2.95. The van der Waals surface area contributed by atoms with Crippen LogP contribution in [0.3, 0.4) is 0 Å². The standard InChI is InChI=1S/C20H26N2O3/c1-3-11(9-23)13-7-19-20-15(8-18(22(19)2)16(13)10-24)14-6-12(25)4-5-17(14)21-20/h3-6,13,16,18-19,21,23-25H,7-10H2,1-2H3/b11-3-/t13-,16-,18+,19+/m0/s1. The molecule has 0 aliphatic carbocycles. The Morgan fingerprint density at radius 2 is 2.16 bits per heavy atom. The summed E-state index contributed by atoms with van der Waals surface area (Å²) in [6, 6.07) is 5.94. The van der Waals surface area contributed by atoms with E-state index in [9.17, 15) is 15.3 Å². The van der Waals surface area contributed by atoms with Crippen LogP contribution in [0.25, 0.3) is 10.9 Å². The van der Waals surface area contributed by atoms with Gasteiger partial charge < -0.3 is 20.3 Å². The zero-order chi connectivity index (χ0) is 17.7. The van der Waals surface area contributed by atoms with Crippen molar-refractivity contribution in [1.82, 2.24) is 9.88 Å². The molecule has 4 atom stereocenters. The Kier molecular flexibility index (Phi) is 4.10. The number of hydrogen-bond acceptors (Lipinski definition) is 4. The number of aliphatic hydroxyl groups is 2. The Morgan fingerprint density at radius 3 is 2.84 bits per heavy atom. The highest BCUT2D eigenvalue weighted by Crippen LogP contribution is 2.49.